The fourth-order valence-corrected chi connectivity index (χ4v) is 1.40. The van der Waals surface area contributed by atoms with E-state index >= 15 is 0 Å². The molecular weight excluding hydrogens is 196 g/mol. The van der Waals surface area contributed by atoms with Crippen LogP contribution in [0.2, 0.25) is 0 Å². The molecule has 0 aliphatic carbocycles. The van der Waals surface area contributed by atoms with Crippen LogP contribution >= 0.6 is 0 Å². The molecule has 1 atom stereocenters. The van der Waals surface area contributed by atoms with Crippen LogP contribution in [0.4, 0.5) is 4.79 Å². The third kappa shape index (κ3) is 4.67. The number of hydrogen-bond donors (Lipinski definition) is 2. The average Bonchev–Trinajstić information content (AvgIpc) is 2.62. The number of alkyl carbamates (subject to hydrolysis) is 1. The minimum atomic E-state index is -0.403. The predicted octanol–water partition coefficient (Wildman–Crippen LogP) is 0.791. The van der Waals surface area contributed by atoms with Crippen molar-refractivity contribution in [2.75, 3.05) is 13.1 Å². The summed E-state index contributed by atoms with van der Waals surface area (Å²) in [6, 6.07) is 0. The smallest absolute Gasteiger partial charge is 0.407 e. The molecular formula is C10H18N2O3. The third-order valence-corrected chi connectivity index (χ3v) is 2.28. The molecule has 1 heterocycles. The molecule has 0 spiro atoms. The lowest BCUT2D eigenvalue weighted by molar-refractivity contribution is -0.121. The Kier molecular flexibility index (Phi) is 4.93. The first-order chi connectivity index (χ1) is 7.22. The van der Waals surface area contributed by atoms with Crippen LogP contribution in [0, 0.1) is 0 Å². The number of nitrogens with one attached hydrogen (secondary N) is 2. The summed E-state index contributed by atoms with van der Waals surface area (Å²) in [5, 5.41) is 5.28. The van der Waals surface area contributed by atoms with Gasteiger partial charge in [0.1, 0.15) is 6.10 Å². The maximum Gasteiger partial charge on any atom is 0.407 e. The van der Waals surface area contributed by atoms with E-state index < -0.39 is 6.09 Å². The number of amides is 2. The highest BCUT2D eigenvalue weighted by molar-refractivity contribution is 5.76. The second-order valence-electron chi connectivity index (χ2n) is 3.67. The molecule has 0 bridgehead atoms. The highest BCUT2D eigenvalue weighted by Crippen LogP contribution is 2.00. The number of hydrogen-bond acceptors (Lipinski definition) is 3. The summed E-state index contributed by atoms with van der Waals surface area (Å²) in [6.07, 6.45) is 3.05. The highest BCUT2D eigenvalue weighted by atomic mass is 16.6. The van der Waals surface area contributed by atoms with Crippen LogP contribution < -0.4 is 10.6 Å². The van der Waals surface area contributed by atoms with Gasteiger partial charge in [0, 0.05) is 6.42 Å². The van der Waals surface area contributed by atoms with Crippen LogP contribution in [0.15, 0.2) is 0 Å². The molecule has 1 rings (SSSR count). The van der Waals surface area contributed by atoms with Gasteiger partial charge in [0.2, 0.25) is 5.91 Å². The van der Waals surface area contributed by atoms with Gasteiger partial charge in [-0.2, -0.15) is 0 Å². The van der Waals surface area contributed by atoms with Crippen molar-refractivity contribution in [2.45, 2.75) is 38.7 Å². The monoisotopic (exact) mass is 214 g/mol. The van der Waals surface area contributed by atoms with Gasteiger partial charge in [0.15, 0.2) is 0 Å². The average molecular weight is 214 g/mol. The molecule has 0 saturated carbocycles. The Morgan fingerprint density at radius 1 is 1.60 bits per heavy atom. The second-order valence-corrected chi connectivity index (χ2v) is 3.67. The molecule has 0 aromatic carbocycles. The van der Waals surface area contributed by atoms with Crippen molar-refractivity contribution in [1.82, 2.24) is 10.6 Å². The van der Waals surface area contributed by atoms with E-state index in [9.17, 15) is 9.59 Å². The molecule has 5 nitrogen and oxygen atoms in total. The largest absolute Gasteiger partial charge is 0.442 e. The van der Waals surface area contributed by atoms with E-state index in [0.717, 1.165) is 19.3 Å². The van der Waals surface area contributed by atoms with Crippen molar-refractivity contribution in [1.29, 1.82) is 0 Å². The summed E-state index contributed by atoms with van der Waals surface area (Å²) in [5.41, 5.74) is 0. The van der Waals surface area contributed by atoms with Crippen molar-refractivity contribution >= 4 is 12.0 Å². The molecule has 0 radical (unpaired) electrons. The van der Waals surface area contributed by atoms with Crippen LogP contribution in [0.5, 0.6) is 0 Å². The fourth-order valence-electron chi connectivity index (χ4n) is 1.40. The Morgan fingerprint density at radius 2 is 2.40 bits per heavy atom. The van der Waals surface area contributed by atoms with E-state index in [-0.39, 0.29) is 12.0 Å². The van der Waals surface area contributed by atoms with Crippen molar-refractivity contribution < 1.29 is 14.3 Å². The summed E-state index contributed by atoms with van der Waals surface area (Å²) >= 11 is 0. The van der Waals surface area contributed by atoms with Gasteiger partial charge in [-0.25, -0.2) is 4.79 Å². The minimum absolute atomic E-state index is 0.0337. The molecule has 0 unspecified atom stereocenters. The van der Waals surface area contributed by atoms with E-state index in [4.69, 9.17) is 4.74 Å². The first-order valence-electron chi connectivity index (χ1n) is 5.43. The Bertz CT molecular complexity index is 231. The van der Waals surface area contributed by atoms with Crippen LogP contribution in [-0.2, 0) is 9.53 Å². The highest BCUT2D eigenvalue weighted by Gasteiger charge is 2.22. The predicted molar refractivity (Wildman–Crippen MR) is 55.4 cm³/mol. The summed E-state index contributed by atoms with van der Waals surface area (Å²) in [7, 11) is 0. The van der Waals surface area contributed by atoms with Crippen LogP contribution in [0.25, 0.3) is 0 Å². The molecule has 15 heavy (non-hydrogen) atoms. The summed E-state index contributed by atoms with van der Waals surface area (Å²) in [4.78, 5) is 21.9. The van der Waals surface area contributed by atoms with Gasteiger partial charge >= 0.3 is 6.09 Å². The number of cyclic esters (lactones) is 1. The molecule has 86 valence electrons. The van der Waals surface area contributed by atoms with Gasteiger partial charge < -0.3 is 15.4 Å². The Hall–Kier alpha value is -1.26. The quantitative estimate of drug-likeness (QED) is 0.642. The van der Waals surface area contributed by atoms with Gasteiger partial charge in [-0.05, 0) is 6.42 Å². The number of ether oxygens (including phenoxy) is 1. The van der Waals surface area contributed by atoms with Crippen LogP contribution in [-0.4, -0.2) is 31.2 Å². The van der Waals surface area contributed by atoms with Crippen molar-refractivity contribution in [3.05, 3.63) is 0 Å². The van der Waals surface area contributed by atoms with Crippen molar-refractivity contribution in [3.8, 4) is 0 Å². The van der Waals surface area contributed by atoms with Gasteiger partial charge in [-0.1, -0.05) is 19.8 Å². The zero-order valence-corrected chi connectivity index (χ0v) is 9.04. The maximum absolute atomic E-state index is 11.3. The fraction of sp³-hybridized carbons (Fsp3) is 0.800. The van der Waals surface area contributed by atoms with Gasteiger partial charge in [0.25, 0.3) is 0 Å². The molecule has 2 amide bonds. The lowest BCUT2D eigenvalue weighted by Crippen LogP contribution is -2.33. The number of carbonyl (C=O) groups excluding carboxylic acids is 2. The van der Waals surface area contributed by atoms with Crippen molar-refractivity contribution in [3.63, 3.8) is 0 Å². The number of carbonyl (C=O) groups is 2. The zero-order chi connectivity index (χ0) is 11.1. The molecule has 1 saturated heterocycles. The Balaban J connectivity index is 2.03. The summed E-state index contributed by atoms with van der Waals surface area (Å²) in [5.74, 6) is 0.0337. The number of rotatable bonds is 6. The van der Waals surface area contributed by atoms with Gasteiger partial charge in [0.05, 0.1) is 13.1 Å². The van der Waals surface area contributed by atoms with Gasteiger partial charge in [-0.3, -0.25) is 4.79 Å². The van der Waals surface area contributed by atoms with E-state index in [1.54, 1.807) is 0 Å². The van der Waals surface area contributed by atoms with E-state index in [2.05, 4.69) is 17.6 Å². The third-order valence-electron chi connectivity index (χ3n) is 2.28. The number of unbranched alkanes of at least 4 members (excludes halogenated alkanes) is 2. The van der Waals surface area contributed by atoms with Gasteiger partial charge in [-0.15, -0.1) is 0 Å². The molecule has 0 aromatic rings. The standard InChI is InChI=1S/C10H18N2O3/c1-2-3-4-5-9(13)11-6-8-7-12-10(14)15-8/h8H,2-7H2,1H3,(H,11,13)(H,12,14)/t8-/m0/s1. The normalized spacial score (nSPS) is 19.5. The summed E-state index contributed by atoms with van der Waals surface area (Å²) < 4.78 is 4.87. The second kappa shape index (κ2) is 6.27. The Labute approximate surface area is 89.6 Å². The topological polar surface area (TPSA) is 67.4 Å². The molecule has 2 N–H and O–H groups in total. The summed E-state index contributed by atoms with van der Waals surface area (Å²) in [6.45, 7) is 2.99. The minimum Gasteiger partial charge on any atom is -0.442 e. The van der Waals surface area contributed by atoms with Crippen LogP contribution in [0.3, 0.4) is 0 Å². The first-order valence-corrected chi connectivity index (χ1v) is 5.43. The lowest BCUT2D eigenvalue weighted by Gasteiger charge is -2.09. The van der Waals surface area contributed by atoms with E-state index in [1.807, 2.05) is 0 Å². The molecule has 1 aliphatic heterocycles. The SMILES string of the molecule is CCCCCC(=O)NC[C@H]1CNC(=O)O1. The molecule has 1 fully saturated rings. The zero-order valence-electron chi connectivity index (χ0n) is 9.04. The van der Waals surface area contributed by atoms with Crippen molar-refractivity contribution in [2.24, 2.45) is 0 Å². The van der Waals surface area contributed by atoms with Crippen LogP contribution in [0.1, 0.15) is 32.6 Å². The molecule has 5 heteroatoms. The molecule has 1 aliphatic rings. The maximum atomic E-state index is 11.3. The van der Waals surface area contributed by atoms with E-state index in [0.29, 0.717) is 19.5 Å². The molecule has 0 aromatic heterocycles. The first kappa shape index (κ1) is 11.8. The Morgan fingerprint density at radius 3 is 3.00 bits per heavy atom. The lowest BCUT2D eigenvalue weighted by atomic mass is 10.2. The van der Waals surface area contributed by atoms with E-state index in [1.165, 1.54) is 0 Å².